The summed E-state index contributed by atoms with van der Waals surface area (Å²) in [5, 5.41) is 23.1. The van der Waals surface area contributed by atoms with Crippen molar-refractivity contribution in [2.45, 2.75) is 13.1 Å². The van der Waals surface area contributed by atoms with Gasteiger partial charge in [0.25, 0.3) is 11.8 Å². The summed E-state index contributed by atoms with van der Waals surface area (Å²) in [6, 6.07) is 13.4. The zero-order valence-electron chi connectivity index (χ0n) is 16.6. The van der Waals surface area contributed by atoms with Crippen LogP contribution in [0.2, 0.25) is 0 Å². The summed E-state index contributed by atoms with van der Waals surface area (Å²) >= 11 is 0. The molecular weight excluding hydrogens is 416 g/mol. The van der Waals surface area contributed by atoms with Gasteiger partial charge in [-0.3, -0.25) is 9.59 Å². The molecule has 0 unspecified atom stereocenters. The average molecular weight is 434 g/mol. The average Bonchev–Trinajstić information content (AvgIpc) is 2.81. The second-order valence-electron chi connectivity index (χ2n) is 6.66. The van der Waals surface area contributed by atoms with E-state index in [0.717, 1.165) is 6.33 Å². The van der Waals surface area contributed by atoms with Gasteiger partial charge in [0.2, 0.25) is 0 Å². The van der Waals surface area contributed by atoms with Gasteiger partial charge in [-0.1, -0.05) is 24.3 Å². The van der Waals surface area contributed by atoms with Crippen molar-refractivity contribution < 1.29 is 29.4 Å². The quantitative estimate of drug-likeness (QED) is 0.417. The van der Waals surface area contributed by atoms with E-state index in [1.165, 1.54) is 30.3 Å². The molecule has 2 amide bonds. The van der Waals surface area contributed by atoms with Crippen LogP contribution < -0.4 is 10.6 Å². The summed E-state index contributed by atoms with van der Waals surface area (Å²) < 4.78 is 0. The molecule has 10 heteroatoms. The fourth-order valence-electron chi connectivity index (χ4n) is 2.68. The number of carboxylic acids is 2. The van der Waals surface area contributed by atoms with E-state index in [1.54, 1.807) is 24.3 Å². The van der Waals surface area contributed by atoms with Crippen molar-refractivity contribution in [1.29, 1.82) is 0 Å². The second-order valence-corrected chi connectivity index (χ2v) is 6.66. The van der Waals surface area contributed by atoms with E-state index in [9.17, 15) is 19.2 Å². The van der Waals surface area contributed by atoms with Gasteiger partial charge in [0, 0.05) is 19.2 Å². The van der Waals surface area contributed by atoms with E-state index in [-0.39, 0.29) is 35.6 Å². The second kappa shape index (κ2) is 9.94. The molecule has 0 aliphatic heterocycles. The van der Waals surface area contributed by atoms with Gasteiger partial charge in [0.1, 0.15) is 17.7 Å². The van der Waals surface area contributed by atoms with Gasteiger partial charge in [0.05, 0.1) is 11.1 Å². The standard InChI is InChI=1S/C22H18N4O6/c27-19(23-10-13-1-5-15(6-2-13)21(29)30)17-9-18(26-12-25-17)20(28)24-11-14-3-7-16(8-4-14)22(31)32/h1-9,12H,10-11H2,(H,23,27)(H,24,28)(H,29,30)(H,31,32). The highest BCUT2D eigenvalue weighted by Gasteiger charge is 2.13. The zero-order valence-corrected chi connectivity index (χ0v) is 16.6. The van der Waals surface area contributed by atoms with E-state index in [4.69, 9.17) is 10.2 Å². The van der Waals surface area contributed by atoms with Crippen molar-refractivity contribution in [2.75, 3.05) is 0 Å². The molecule has 3 rings (SSSR count). The minimum absolute atomic E-state index is 0.00174. The lowest BCUT2D eigenvalue weighted by molar-refractivity contribution is 0.0686. The Hall–Kier alpha value is -4.60. The highest BCUT2D eigenvalue weighted by molar-refractivity contribution is 5.97. The van der Waals surface area contributed by atoms with Crippen molar-refractivity contribution in [3.8, 4) is 0 Å². The SMILES string of the molecule is O=C(O)c1ccc(CNC(=O)c2cc(C(=O)NCc3ccc(C(=O)O)cc3)ncn2)cc1. The Bertz CT molecular complexity index is 1070. The first-order valence-corrected chi connectivity index (χ1v) is 9.36. The number of nitrogens with one attached hydrogen (secondary N) is 2. The number of amides is 2. The van der Waals surface area contributed by atoms with Crippen LogP contribution in [0.15, 0.2) is 60.9 Å². The molecular formula is C22H18N4O6. The van der Waals surface area contributed by atoms with Crippen molar-refractivity contribution in [2.24, 2.45) is 0 Å². The summed E-state index contributed by atoms with van der Waals surface area (Å²) in [4.78, 5) is 54.2. The lowest BCUT2D eigenvalue weighted by Crippen LogP contribution is -2.27. The molecule has 0 fully saturated rings. The highest BCUT2D eigenvalue weighted by atomic mass is 16.4. The van der Waals surface area contributed by atoms with E-state index in [0.29, 0.717) is 11.1 Å². The normalized spacial score (nSPS) is 10.2. The Morgan fingerprint density at radius 3 is 1.38 bits per heavy atom. The predicted molar refractivity (Wildman–Crippen MR) is 111 cm³/mol. The minimum atomic E-state index is -1.04. The number of carbonyl (C=O) groups is 4. The van der Waals surface area contributed by atoms with Crippen molar-refractivity contribution in [3.05, 3.63) is 94.6 Å². The summed E-state index contributed by atoms with van der Waals surface area (Å²) in [7, 11) is 0. The molecule has 162 valence electrons. The fraction of sp³-hybridized carbons (Fsp3) is 0.0909. The number of nitrogens with zero attached hydrogens (tertiary/aromatic N) is 2. The number of carbonyl (C=O) groups excluding carboxylic acids is 2. The Kier molecular flexibility index (Phi) is 6.86. The number of hydrogen-bond acceptors (Lipinski definition) is 6. The third kappa shape index (κ3) is 5.72. The molecule has 0 saturated heterocycles. The van der Waals surface area contributed by atoms with Crippen LogP contribution >= 0.6 is 0 Å². The molecule has 0 spiro atoms. The molecule has 3 aromatic rings. The molecule has 0 bridgehead atoms. The Morgan fingerprint density at radius 2 is 1.03 bits per heavy atom. The van der Waals surface area contributed by atoms with Gasteiger partial charge in [-0.05, 0) is 35.4 Å². The molecule has 0 radical (unpaired) electrons. The molecule has 10 nitrogen and oxygen atoms in total. The van der Waals surface area contributed by atoms with Gasteiger partial charge in [-0.2, -0.15) is 0 Å². The maximum atomic E-state index is 12.4. The number of carboxylic acid groups (broad SMARTS) is 2. The topological polar surface area (TPSA) is 159 Å². The lowest BCUT2D eigenvalue weighted by atomic mass is 10.1. The number of benzene rings is 2. The molecule has 2 aromatic carbocycles. The van der Waals surface area contributed by atoms with Gasteiger partial charge in [0.15, 0.2) is 0 Å². The van der Waals surface area contributed by atoms with Crippen molar-refractivity contribution in [3.63, 3.8) is 0 Å². The zero-order chi connectivity index (χ0) is 23.1. The molecule has 0 aliphatic rings. The number of rotatable bonds is 8. The summed E-state index contributed by atoms with van der Waals surface area (Å²) in [6.07, 6.45) is 1.10. The maximum absolute atomic E-state index is 12.4. The first-order valence-electron chi connectivity index (χ1n) is 9.36. The van der Waals surface area contributed by atoms with Crippen LogP contribution in [-0.2, 0) is 13.1 Å². The van der Waals surface area contributed by atoms with Crippen LogP contribution in [-0.4, -0.2) is 43.9 Å². The van der Waals surface area contributed by atoms with Gasteiger partial charge in [-0.15, -0.1) is 0 Å². The third-order valence-electron chi connectivity index (χ3n) is 4.44. The first-order chi connectivity index (χ1) is 15.3. The first kappa shape index (κ1) is 22.1. The maximum Gasteiger partial charge on any atom is 0.335 e. The summed E-state index contributed by atoms with van der Waals surface area (Å²) in [6.45, 7) is 0.299. The van der Waals surface area contributed by atoms with Crippen LogP contribution in [0.4, 0.5) is 0 Å². The Balaban J connectivity index is 1.57. The van der Waals surface area contributed by atoms with E-state index < -0.39 is 23.8 Å². The number of aromatic carboxylic acids is 2. The Morgan fingerprint density at radius 1 is 0.656 bits per heavy atom. The molecule has 1 heterocycles. The molecule has 0 saturated carbocycles. The molecule has 4 N–H and O–H groups in total. The van der Waals surface area contributed by atoms with Crippen molar-refractivity contribution >= 4 is 23.8 Å². The fourth-order valence-corrected chi connectivity index (χ4v) is 2.68. The molecule has 32 heavy (non-hydrogen) atoms. The molecule has 0 aliphatic carbocycles. The van der Waals surface area contributed by atoms with Gasteiger partial charge >= 0.3 is 11.9 Å². The predicted octanol–water partition coefficient (Wildman–Crippen LogP) is 1.73. The van der Waals surface area contributed by atoms with Crippen LogP contribution in [0.25, 0.3) is 0 Å². The number of aromatic nitrogens is 2. The Labute approximate surface area is 182 Å². The monoisotopic (exact) mass is 434 g/mol. The van der Waals surface area contributed by atoms with Crippen molar-refractivity contribution in [1.82, 2.24) is 20.6 Å². The van der Waals surface area contributed by atoms with E-state index in [2.05, 4.69) is 20.6 Å². The smallest absolute Gasteiger partial charge is 0.335 e. The van der Waals surface area contributed by atoms with Gasteiger partial charge in [-0.25, -0.2) is 19.6 Å². The van der Waals surface area contributed by atoms with Gasteiger partial charge < -0.3 is 20.8 Å². The van der Waals surface area contributed by atoms with E-state index in [1.807, 2.05) is 0 Å². The summed E-state index contributed by atoms with van der Waals surface area (Å²) in [5.74, 6) is -3.12. The molecule has 1 aromatic heterocycles. The third-order valence-corrected chi connectivity index (χ3v) is 4.44. The lowest BCUT2D eigenvalue weighted by Gasteiger charge is -2.08. The van der Waals surface area contributed by atoms with Crippen LogP contribution in [0.3, 0.4) is 0 Å². The largest absolute Gasteiger partial charge is 0.478 e. The summed E-state index contributed by atoms with van der Waals surface area (Å²) in [5.41, 5.74) is 1.68. The number of hydrogen-bond donors (Lipinski definition) is 4. The minimum Gasteiger partial charge on any atom is -0.478 e. The molecule has 0 atom stereocenters. The van der Waals surface area contributed by atoms with Crippen LogP contribution in [0.1, 0.15) is 52.8 Å². The van der Waals surface area contributed by atoms with Crippen LogP contribution in [0.5, 0.6) is 0 Å². The highest BCUT2D eigenvalue weighted by Crippen LogP contribution is 2.07. The van der Waals surface area contributed by atoms with Crippen LogP contribution in [0, 0.1) is 0 Å². The van der Waals surface area contributed by atoms with E-state index >= 15 is 0 Å².